The van der Waals surface area contributed by atoms with Gasteiger partial charge in [-0.2, -0.15) is 0 Å². The number of benzene rings is 1. The highest BCUT2D eigenvalue weighted by Gasteiger charge is 2.52. The second kappa shape index (κ2) is 4.04. The summed E-state index contributed by atoms with van der Waals surface area (Å²) in [5.41, 5.74) is 2.00. The van der Waals surface area contributed by atoms with Crippen LogP contribution in [0.5, 0.6) is 0 Å². The van der Waals surface area contributed by atoms with Gasteiger partial charge >= 0.3 is 5.97 Å². The molecule has 2 bridgehead atoms. The molecule has 21 heavy (non-hydrogen) atoms. The number of hydrogen-bond acceptors (Lipinski definition) is 3. The minimum Gasteiger partial charge on any atom is -0.478 e. The highest BCUT2D eigenvalue weighted by Crippen LogP contribution is 2.52. The van der Waals surface area contributed by atoms with Gasteiger partial charge in [0.1, 0.15) is 0 Å². The maximum atomic E-state index is 12.5. The zero-order chi connectivity index (χ0) is 14.7. The van der Waals surface area contributed by atoms with Crippen molar-refractivity contribution in [3.05, 3.63) is 41.0 Å². The maximum Gasteiger partial charge on any atom is 0.335 e. The quantitative estimate of drug-likeness (QED) is 0.842. The van der Waals surface area contributed by atoms with Gasteiger partial charge in [-0.1, -0.05) is 0 Å². The van der Waals surface area contributed by atoms with E-state index >= 15 is 0 Å². The molecule has 5 heteroatoms. The third-order valence-corrected chi connectivity index (χ3v) is 4.78. The number of fused-ring (bicyclic) bond motifs is 4. The molecule has 2 aliphatic carbocycles. The van der Waals surface area contributed by atoms with Gasteiger partial charge in [0.2, 0.25) is 0 Å². The number of amides is 2. The topological polar surface area (TPSA) is 74.7 Å². The molecule has 1 aromatic rings. The van der Waals surface area contributed by atoms with Crippen molar-refractivity contribution >= 4 is 23.5 Å². The Labute approximate surface area is 120 Å². The minimum atomic E-state index is -1.03. The maximum absolute atomic E-state index is 12.5. The highest BCUT2D eigenvalue weighted by molar-refractivity contribution is 6.33. The summed E-state index contributed by atoms with van der Waals surface area (Å²) in [4.78, 5) is 37.1. The SMILES string of the molecule is O=C(O)c1ccc(N2C(=O)C3=C(C2=O)C2CCC3C2)cc1. The summed E-state index contributed by atoms with van der Waals surface area (Å²) >= 11 is 0. The molecular formula is C16H13NO4. The molecule has 1 aliphatic heterocycles. The summed E-state index contributed by atoms with van der Waals surface area (Å²) < 4.78 is 0. The Morgan fingerprint density at radius 3 is 2.00 bits per heavy atom. The van der Waals surface area contributed by atoms with Crippen LogP contribution in [0.25, 0.3) is 0 Å². The second-order valence-electron chi connectivity index (χ2n) is 5.83. The number of nitrogens with zero attached hydrogens (tertiary/aromatic N) is 1. The third-order valence-electron chi connectivity index (χ3n) is 4.78. The number of carbonyl (C=O) groups is 3. The van der Waals surface area contributed by atoms with Gasteiger partial charge < -0.3 is 5.11 Å². The van der Waals surface area contributed by atoms with Crippen LogP contribution in [0.3, 0.4) is 0 Å². The Morgan fingerprint density at radius 2 is 1.52 bits per heavy atom. The molecule has 2 unspecified atom stereocenters. The lowest BCUT2D eigenvalue weighted by molar-refractivity contribution is -0.121. The molecule has 4 rings (SSSR count). The van der Waals surface area contributed by atoms with Crippen LogP contribution in [0.4, 0.5) is 5.69 Å². The van der Waals surface area contributed by atoms with Crippen LogP contribution in [0.1, 0.15) is 29.6 Å². The van der Waals surface area contributed by atoms with E-state index in [1.54, 1.807) is 0 Å². The predicted molar refractivity (Wildman–Crippen MR) is 73.8 cm³/mol. The van der Waals surface area contributed by atoms with E-state index in [0.29, 0.717) is 16.8 Å². The van der Waals surface area contributed by atoms with E-state index in [9.17, 15) is 14.4 Å². The van der Waals surface area contributed by atoms with Crippen LogP contribution in [0.15, 0.2) is 35.4 Å². The van der Waals surface area contributed by atoms with Crippen LogP contribution < -0.4 is 4.90 Å². The number of carboxylic acids is 1. The van der Waals surface area contributed by atoms with E-state index in [1.165, 1.54) is 29.2 Å². The summed E-state index contributed by atoms with van der Waals surface area (Å²) in [6.45, 7) is 0. The molecule has 0 spiro atoms. The Morgan fingerprint density at radius 1 is 1.00 bits per heavy atom. The number of imide groups is 1. The smallest absolute Gasteiger partial charge is 0.335 e. The van der Waals surface area contributed by atoms with Crippen molar-refractivity contribution in [2.75, 3.05) is 4.90 Å². The molecule has 1 saturated carbocycles. The zero-order valence-corrected chi connectivity index (χ0v) is 11.2. The molecule has 1 N–H and O–H groups in total. The van der Waals surface area contributed by atoms with E-state index in [-0.39, 0.29) is 29.2 Å². The van der Waals surface area contributed by atoms with Crippen molar-refractivity contribution in [3.63, 3.8) is 0 Å². The summed E-state index contributed by atoms with van der Waals surface area (Å²) in [5.74, 6) is -0.982. The van der Waals surface area contributed by atoms with Gasteiger partial charge in [0.25, 0.3) is 11.8 Å². The highest BCUT2D eigenvalue weighted by atomic mass is 16.4. The lowest BCUT2D eigenvalue weighted by Crippen LogP contribution is -2.33. The van der Waals surface area contributed by atoms with E-state index in [2.05, 4.69) is 0 Å². The molecule has 2 atom stereocenters. The predicted octanol–water partition coefficient (Wildman–Crippen LogP) is 1.98. The first kappa shape index (κ1) is 12.3. The number of anilines is 1. The van der Waals surface area contributed by atoms with Crippen molar-refractivity contribution in [2.24, 2.45) is 11.8 Å². The van der Waals surface area contributed by atoms with Crippen molar-refractivity contribution in [3.8, 4) is 0 Å². The number of rotatable bonds is 2. The average molecular weight is 283 g/mol. The largest absolute Gasteiger partial charge is 0.478 e. The second-order valence-corrected chi connectivity index (χ2v) is 5.83. The van der Waals surface area contributed by atoms with Crippen LogP contribution in [-0.2, 0) is 9.59 Å². The lowest BCUT2D eigenvalue weighted by Gasteiger charge is -2.18. The minimum absolute atomic E-state index is 0.137. The van der Waals surface area contributed by atoms with Crippen LogP contribution in [0, 0.1) is 11.8 Å². The fourth-order valence-electron chi connectivity index (χ4n) is 3.85. The molecule has 5 nitrogen and oxygen atoms in total. The third kappa shape index (κ3) is 1.54. The van der Waals surface area contributed by atoms with Gasteiger partial charge in [0, 0.05) is 11.1 Å². The molecule has 3 aliphatic rings. The van der Waals surface area contributed by atoms with Crippen LogP contribution in [-0.4, -0.2) is 22.9 Å². The molecule has 0 radical (unpaired) electrons. The first-order chi connectivity index (χ1) is 10.1. The first-order valence-corrected chi connectivity index (χ1v) is 7.04. The number of carbonyl (C=O) groups excluding carboxylic acids is 2. The molecular weight excluding hydrogens is 270 g/mol. The van der Waals surface area contributed by atoms with Crippen molar-refractivity contribution in [2.45, 2.75) is 19.3 Å². The lowest BCUT2D eigenvalue weighted by atomic mass is 9.93. The Hall–Kier alpha value is -2.43. The Kier molecular flexibility index (Phi) is 2.37. The summed E-state index contributed by atoms with van der Waals surface area (Å²) in [5, 5.41) is 8.90. The fraction of sp³-hybridized carbons (Fsp3) is 0.312. The summed E-state index contributed by atoms with van der Waals surface area (Å²) in [6, 6.07) is 5.86. The monoisotopic (exact) mass is 283 g/mol. The van der Waals surface area contributed by atoms with Crippen LogP contribution in [0.2, 0.25) is 0 Å². The molecule has 2 amide bonds. The van der Waals surface area contributed by atoms with Gasteiger partial charge in [-0.15, -0.1) is 0 Å². The molecule has 0 saturated heterocycles. The van der Waals surface area contributed by atoms with Crippen molar-refractivity contribution in [1.82, 2.24) is 0 Å². The number of hydrogen-bond donors (Lipinski definition) is 1. The Bertz CT molecular complexity index is 684. The molecule has 1 heterocycles. The van der Waals surface area contributed by atoms with E-state index in [4.69, 9.17) is 5.11 Å². The van der Waals surface area contributed by atoms with E-state index < -0.39 is 5.97 Å². The average Bonchev–Trinajstić information content (AvgIpc) is 3.13. The van der Waals surface area contributed by atoms with E-state index in [1.807, 2.05) is 0 Å². The number of aromatic carboxylic acids is 1. The molecule has 0 aromatic heterocycles. The molecule has 106 valence electrons. The van der Waals surface area contributed by atoms with Crippen LogP contribution >= 0.6 is 0 Å². The molecule has 1 aromatic carbocycles. The van der Waals surface area contributed by atoms with Gasteiger partial charge in [-0.3, -0.25) is 9.59 Å². The van der Waals surface area contributed by atoms with Gasteiger partial charge in [0.05, 0.1) is 11.3 Å². The standard InChI is InChI=1S/C16H13NO4/c18-14-12-9-1-2-10(7-9)13(12)15(19)17(14)11-5-3-8(4-6-11)16(20)21/h3-6,9-10H,1-2,7H2,(H,20,21). The fourth-order valence-corrected chi connectivity index (χ4v) is 3.85. The van der Waals surface area contributed by atoms with Crippen molar-refractivity contribution < 1.29 is 19.5 Å². The first-order valence-electron chi connectivity index (χ1n) is 7.04. The summed E-state index contributed by atoms with van der Waals surface area (Å²) in [6.07, 6.45) is 2.93. The normalized spacial score (nSPS) is 26.8. The Balaban J connectivity index is 1.70. The van der Waals surface area contributed by atoms with Gasteiger partial charge in [-0.05, 0) is 55.4 Å². The van der Waals surface area contributed by atoms with Crippen molar-refractivity contribution in [1.29, 1.82) is 0 Å². The zero-order valence-electron chi connectivity index (χ0n) is 11.2. The van der Waals surface area contributed by atoms with Gasteiger partial charge in [-0.25, -0.2) is 9.69 Å². The molecule has 1 fully saturated rings. The van der Waals surface area contributed by atoms with Gasteiger partial charge in [0.15, 0.2) is 0 Å². The number of carboxylic acid groups (broad SMARTS) is 1. The summed E-state index contributed by atoms with van der Waals surface area (Å²) in [7, 11) is 0. The van der Waals surface area contributed by atoms with E-state index in [0.717, 1.165) is 19.3 Å².